The Morgan fingerprint density at radius 1 is 1.18 bits per heavy atom. The van der Waals surface area contributed by atoms with Crippen LogP contribution in [0.4, 0.5) is 4.39 Å². The minimum atomic E-state index is -0.957. The molecule has 0 amide bonds. The summed E-state index contributed by atoms with van der Waals surface area (Å²) >= 11 is 0. The van der Waals surface area contributed by atoms with Crippen LogP contribution in [0.5, 0.6) is 0 Å². The third kappa shape index (κ3) is 5.17. The van der Waals surface area contributed by atoms with Crippen molar-refractivity contribution in [1.29, 1.82) is 5.26 Å². The van der Waals surface area contributed by atoms with E-state index in [4.69, 9.17) is 4.74 Å². The number of ether oxygens (including phenoxy) is 1. The van der Waals surface area contributed by atoms with Gasteiger partial charge in [-0.15, -0.1) is 0 Å². The number of benzene rings is 1. The van der Waals surface area contributed by atoms with Gasteiger partial charge < -0.3 is 4.74 Å². The summed E-state index contributed by atoms with van der Waals surface area (Å²) in [5.41, 5.74) is 0.0355. The van der Waals surface area contributed by atoms with Gasteiger partial charge in [0.25, 0.3) is 0 Å². The summed E-state index contributed by atoms with van der Waals surface area (Å²) in [6, 6.07) is 8.90. The maximum absolute atomic E-state index is 14.9. The first-order valence-corrected chi connectivity index (χ1v) is 13.9. The molecular weight excluding hydrogens is 511 g/mol. The van der Waals surface area contributed by atoms with E-state index < -0.39 is 28.7 Å². The highest BCUT2D eigenvalue weighted by molar-refractivity contribution is 6.01. The van der Waals surface area contributed by atoms with Crippen molar-refractivity contribution >= 4 is 11.8 Å². The van der Waals surface area contributed by atoms with Gasteiger partial charge in [-0.3, -0.25) is 14.3 Å². The van der Waals surface area contributed by atoms with Crippen molar-refractivity contribution in [3.63, 3.8) is 0 Å². The molecule has 1 saturated heterocycles. The van der Waals surface area contributed by atoms with Gasteiger partial charge in [-0.2, -0.15) is 15.5 Å². The smallest absolute Gasteiger partial charge is 0.317 e. The Labute approximate surface area is 233 Å². The normalized spacial score (nSPS) is 21.9. The molecule has 1 aliphatic carbocycles. The fourth-order valence-corrected chi connectivity index (χ4v) is 6.24. The molecule has 0 radical (unpaired) electrons. The third-order valence-electron chi connectivity index (χ3n) is 8.62. The van der Waals surface area contributed by atoms with Gasteiger partial charge in [0, 0.05) is 38.7 Å². The Bertz CT molecular complexity index is 1460. The lowest BCUT2D eigenvalue weighted by Gasteiger charge is -2.43. The Morgan fingerprint density at radius 2 is 1.93 bits per heavy atom. The molecule has 3 aromatic rings. The summed E-state index contributed by atoms with van der Waals surface area (Å²) in [6.07, 6.45) is 6.63. The molecule has 2 aliphatic rings. The number of aryl methyl sites for hydroxylation is 3. The minimum absolute atomic E-state index is 0.0749. The van der Waals surface area contributed by atoms with Gasteiger partial charge in [-0.25, -0.2) is 14.1 Å². The van der Waals surface area contributed by atoms with Gasteiger partial charge in [0.1, 0.15) is 23.0 Å². The second-order valence-electron chi connectivity index (χ2n) is 11.7. The van der Waals surface area contributed by atoms with Crippen LogP contribution >= 0.6 is 0 Å². The number of rotatable bonds is 8. The number of halogens is 1. The number of aromatic nitrogens is 5. The van der Waals surface area contributed by atoms with Gasteiger partial charge in [0.05, 0.1) is 11.5 Å². The molecule has 9 nitrogen and oxygen atoms in total. The van der Waals surface area contributed by atoms with Crippen molar-refractivity contribution in [2.24, 2.45) is 25.9 Å². The van der Waals surface area contributed by atoms with E-state index in [1.165, 1.54) is 6.07 Å². The highest BCUT2D eigenvalue weighted by Crippen LogP contribution is 2.45. The van der Waals surface area contributed by atoms with Crippen molar-refractivity contribution < 1.29 is 18.7 Å². The summed E-state index contributed by atoms with van der Waals surface area (Å²) < 4.78 is 24.4. The van der Waals surface area contributed by atoms with Crippen LogP contribution in [0, 0.1) is 29.0 Å². The molecule has 1 aromatic carbocycles. The van der Waals surface area contributed by atoms with Crippen LogP contribution in [0.15, 0.2) is 30.5 Å². The highest BCUT2D eigenvalue weighted by atomic mass is 19.1. The molecule has 2 fully saturated rings. The number of hydrogen-bond donors (Lipinski definition) is 0. The summed E-state index contributed by atoms with van der Waals surface area (Å²) in [6.45, 7) is 3.37. The molecule has 5 rings (SSSR count). The van der Waals surface area contributed by atoms with Crippen molar-refractivity contribution in [2.45, 2.75) is 76.2 Å². The standard InChI is InChI=1S/C30H35FN6O3/c1-29(2,18-32)22-10-9-19(15-23(22)31)11-13-30(20-7-5-6-8-20)17-25(38)21(28(39)40-30)16-26-34-27(37(4)35-26)24-12-14-33-36(24)3/h9-10,12,14-15,20-21H,5-8,11,13,16-17H2,1-4H3. The SMILES string of the molecule is Cn1nccc1-c1nc(CC2C(=O)CC(CCc3ccc(C(C)(C)C#N)c(F)c3)(C3CCCC3)OC2=O)nn1C. The number of ketones is 1. The monoisotopic (exact) mass is 546 g/mol. The molecule has 40 heavy (non-hydrogen) atoms. The summed E-state index contributed by atoms with van der Waals surface area (Å²) in [4.78, 5) is 31.5. The maximum Gasteiger partial charge on any atom is 0.317 e. The quantitative estimate of drug-likeness (QED) is 0.304. The Hall–Kier alpha value is -3.87. The fourth-order valence-electron chi connectivity index (χ4n) is 6.24. The zero-order valence-corrected chi connectivity index (χ0v) is 23.5. The van der Waals surface area contributed by atoms with Gasteiger partial charge in [0.2, 0.25) is 0 Å². The van der Waals surface area contributed by atoms with Crippen molar-refractivity contribution in [2.75, 3.05) is 0 Å². The molecule has 0 bridgehead atoms. The van der Waals surface area contributed by atoms with Gasteiger partial charge >= 0.3 is 5.97 Å². The highest BCUT2D eigenvalue weighted by Gasteiger charge is 2.51. The molecule has 2 aromatic heterocycles. The average Bonchev–Trinajstić information content (AvgIpc) is 3.67. The van der Waals surface area contributed by atoms with Crippen molar-refractivity contribution in [3.8, 4) is 17.6 Å². The zero-order chi connectivity index (χ0) is 28.7. The Balaban J connectivity index is 1.33. The van der Waals surface area contributed by atoms with Crippen LogP contribution in [0.2, 0.25) is 0 Å². The number of esters is 1. The van der Waals surface area contributed by atoms with Crippen LogP contribution in [-0.4, -0.2) is 41.9 Å². The van der Waals surface area contributed by atoms with Crippen molar-refractivity contribution in [3.05, 3.63) is 53.2 Å². The second-order valence-corrected chi connectivity index (χ2v) is 11.7. The number of Topliss-reactive ketones (excluding diaryl/α,β-unsaturated/α-hetero) is 1. The summed E-state index contributed by atoms with van der Waals surface area (Å²) in [7, 11) is 3.58. The van der Waals surface area contributed by atoms with E-state index in [1.54, 1.807) is 42.5 Å². The molecule has 2 atom stereocenters. The molecule has 0 spiro atoms. The van der Waals surface area contributed by atoms with Crippen LogP contribution in [0.1, 0.15) is 69.3 Å². The first-order chi connectivity index (χ1) is 19.0. The number of carbonyl (C=O) groups excluding carboxylic acids is 2. The molecule has 0 N–H and O–H groups in total. The van der Waals surface area contributed by atoms with Gasteiger partial charge in [-0.1, -0.05) is 25.0 Å². The van der Waals surface area contributed by atoms with Crippen molar-refractivity contribution in [1.82, 2.24) is 24.5 Å². The topological polar surface area (TPSA) is 116 Å². The van der Waals surface area contributed by atoms with Crippen LogP contribution in [0.3, 0.4) is 0 Å². The molecule has 1 saturated carbocycles. The first kappa shape index (κ1) is 27.7. The lowest BCUT2D eigenvalue weighted by Crippen LogP contribution is -2.52. The zero-order valence-electron chi connectivity index (χ0n) is 23.5. The molecule has 10 heteroatoms. The molecule has 2 unspecified atom stereocenters. The lowest BCUT2D eigenvalue weighted by atomic mass is 9.73. The maximum atomic E-state index is 14.9. The van der Waals surface area contributed by atoms with E-state index in [0.29, 0.717) is 30.1 Å². The molecule has 1 aliphatic heterocycles. The van der Waals surface area contributed by atoms with E-state index in [0.717, 1.165) is 36.9 Å². The summed E-state index contributed by atoms with van der Waals surface area (Å²) in [5.74, 6) is -0.982. The average molecular weight is 547 g/mol. The molecule has 210 valence electrons. The second kappa shape index (κ2) is 10.6. The Morgan fingerprint density at radius 3 is 2.55 bits per heavy atom. The number of cyclic esters (lactones) is 1. The number of nitriles is 1. The molecular formula is C30H35FN6O3. The van der Waals surface area contributed by atoms with E-state index in [2.05, 4.69) is 21.3 Å². The minimum Gasteiger partial charge on any atom is -0.458 e. The van der Waals surface area contributed by atoms with Crippen LogP contribution in [-0.2, 0) is 46.7 Å². The van der Waals surface area contributed by atoms with E-state index in [1.807, 2.05) is 19.2 Å². The summed E-state index contributed by atoms with van der Waals surface area (Å²) in [5, 5.41) is 18.0. The number of hydrogen-bond acceptors (Lipinski definition) is 7. The van der Waals surface area contributed by atoms with Gasteiger partial charge in [-0.05, 0) is 63.1 Å². The molecule has 3 heterocycles. The first-order valence-electron chi connectivity index (χ1n) is 13.9. The predicted molar refractivity (Wildman–Crippen MR) is 144 cm³/mol. The Kier molecular flexibility index (Phi) is 7.34. The van der Waals surface area contributed by atoms with Crippen LogP contribution < -0.4 is 0 Å². The van der Waals surface area contributed by atoms with E-state index >= 15 is 0 Å². The van der Waals surface area contributed by atoms with E-state index in [-0.39, 0.29) is 24.5 Å². The fraction of sp³-hybridized carbons (Fsp3) is 0.533. The lowest BCUT2D eigenvalue weighted by molar-refractivity contribution is -0.185. The van der Waals surface area contributed by atoms with Gasteiger partial charge in [0.15, 0.2) is 17.4 Å². The third-order valence-corrected chi connectivity index (χ3v) is 8.62. The number of carbonyl (C=O) groups is 2. The number of nitrogens with zero attached hydrogens (tertiary/aromatic N) is 6. The van der Waals surface area contributed by atoms with E-state index in [9.17, 15) is 19.2 Å². The largest absolute Gasteiger partial charge is 0.458 e. The van der Waals surface area contributed by atoms with Crippen LogP contribution in [0.25, 0.3) is 11.5 Å². The predicted octanol–water partition coefficient (Wildman–Crippen LogP) is 4.39.